The lowest BCUT2D eigenvalue weighted by atomic mass is 9.65. The van der Waals surface area contributed by atoms with Crippen LogP contribution in [0.2, 0.25) is 0 Å². The number of benzene rings is 1. The molecule has 0 saturated heterocycles. The van der Waals surface area contributed by atoms with Crippen LogP contribution in [0.1, 0.15) is 24.1 Å². The van der Waals surface area contributed by atoms with Crippen LogP contribution in [0.25, 0.3) is 11.1 Å². The fourth-order valence-corrected chi connectivity index (χ4v) is 3.73. The Morgan fingerprint density at radius 1 is 1.10 bits per heavy atom. The number of alkyl halides is 1. The van der Waals surface area contributed by atoms with E-state index in [0.29, 0.717) is 11.1 Å². The van der Waals surface area contributed by atoms with Crippen molar-refractivity contribution in [1.82, 2.24) is 15.0 Å². The fourth-order valence-electron chi connectivity index (χ4n) is 3.73. The SMILES string of the molecule is Cc1ccc(F)c(-c2cnc(NCC3(c4ncccc4F)CC(F)C3)nc2)c1O. The van der Waals surface area contributed by atoms with Gasteiger partial charge in [0, 0.05) is 36.1 Å². The van der Waals surface area contributed by atoms with E-state index in [1.165, 1.54) is 42.9 Å². The molecule has 1 aliphatic carbocycles. The van der Waals surface area contributed by atoms with Crippen LogP contribution < -0.4 is 5.32 Å². The number of pyridine rings is 1. The molecule has 0 amide bonds. The van der Waals surface area contributed by atoms with Crippen molar-refractivity contribution in [3.8, 4) is 16.9 Å². The number of nitrogens with one attached hydrogen (secondary N) is 1. The van der Waals surface area contributed by atoms with E-state index in [1.54, 1.807) is 6.92 Å². The molecular formula is C21H19F3N4O. The van der Waals surface area contributed by atoms with E-state index in [0.717, 1.165) is 0 Å². The van der Waals surface area contributed by atoms with Crippen molar-refractivity contribution in [2.24, 2.45) is 0 Å². The van der Waals surface area contributed by atoms with E-state index in [2.05, 4.69) is 20.3 Å². The predicted molar refractivity (Wildman–Crippen MR) is 102 cm³/mol. The molecule has 1 saturated carbocycles. The monoisotopic (exact) mass is 400 g/mol. The summed E-state index contributed by atoms with van der Waals surface area (Å²) >= 11 is 0. The maximum absolute atomic E-state index is 14.2. The molecule has 0 bridgehead atoms. The minimum absolute atomic E-state index is 0.0304. The first-order valence-electron chi connectivity index (χ1n) is 9.19. The zero-order chi connectivity index (χ0) is 20.6. The maximum Gasteiger partial charge on any atom is 0.222 e. The summed E-state index contributed by atoms with van der Waals surface area (Å²) in [6.45, 7) is 1.88. The fraction of sp³-hybridized carbons (Fsp3) is 0.286. The number of anilines is 1. The minimum atomic E-state index is -1.01. The molecule has 29 heavy (non-hydrogen) atoms. The van der Waals surface area contributed by atoms with Gasteiger partial charge in [-0.3, -0.25) is 4.98 Å². The maximum atomic E-state index is 14.2. The van der Waals surface area contributed by atoms with Crippen molar-refractivity contribution in [2.45, 2.75) is 31.4 Å². The third-order valence-electron chi connectivity index (χ3n) is 5.34. The summed E-state index contributed by atoms with van der Waals surface area (Å²) in [6, 6.07) is 5.56. The molecule has 2 heterocycles. The second-order valence-electron chi connectivity index (χ2n) is 7.36. The summed E-state index contributed by atoms with van der Waals surface area (Å²) in [4.78, 5) is 12.4. The standard InChI is InChI=1S/C21H19F3N4O/c1-12-4-5-15(23)17(18(12)29)13-9-26-20(27-10-13)28-11-21(7-14(22)8-21)19-16(24)3-2-6-25-19/h2-6,9-10,14,29H,7-8,11H2,1H3,(H,26,27,28). The minimum Gasteiger partial charge on any atom is -0.507 e. The molecule has 4 rings (SSSR count). The molecule has 0 atom stereocenters. The molecule has 150 valence electrons. The number of hydrogen-bond acceptors (Lipinski definition) is 5. The molecule has 1 aliphatic rings. The van der Waals surface area contributed by atoms with Crippen LogP contribution in [-0.2, 0) is 5.41 Å². The summed E-state index contributed by atoms with van der Waals surface area (Å²) in [5, 5.41) is 13.1. The summed E-state index contributed by atoms with van der Waals surface area (Å²) in [5.41, 5.74) is 0.349. The molecular weight excluding hydrogens is 381 g/mol. The lowest BCUT2D eigenvalue weighted by Gasteiger charge is -2.43. The largest absolute Gasteiger partial charge is 0.507 e. The molecule has 2 N–H and O–H groups in total. The highest BCUT2D eigenvalue weighted by Gasteiger charge is 2.48. The molecule has 3 aromatic rings. The van der Waals surface area contributed by atoms with Gasteiger partial charge in [0.05, 0.1) is 11.3 Å². The number of hydrogen-bond donors (Lipinski definition) is 2. The second-order valence-corrected chi connectivity index (χ2v) is 7.36. The van der Waals surface area contributed by atoms with Crippen LogP contribution in [0.5, 0.6) is 5.75 Å². The van der Waals surface area contributed by atoms with Crippen molar-refractivity contribution in [1.29, 1.82) is 0 Å². The topological polar surface area (TPSA) is 70.9 Å². The van der Waals surface area contributed by atoms with Gasteiger partial charge in [0.2, 0.25) is 5.95 Å². The molecule has 0 radical (unpaired) electrons. The van der Waals surface area contributed by atoms with E-state index >= 15 is 0 Å². The van der Waals surface area contributed by atoms with E-state index in [4.69, 9.17) is 0 Å². The Hall–Kier alpha value is -3.16. The Morgan fingerprint density at radius 3 is 2.48 bits per heavy atom. The van der Waals surface area contributed by atoms with Crippen LogP contribution >= 0.6 is 0 Å². The van der Waals surface area contributed by atoms with Gasteiger partial charge in [0.15, 0.2) is 0 Å². The van der Waals surface area contributed by atoms with Gasteiger partial charge in [-0.05, 0) is 43.5 Å². The first kappa shape index (κ1) is 19.2. The lowest BCUT2D eigenvalue weighted by molar-refractivity contribution is 0.0963. The second kappa shape index (κ2) is 7.35. The highest BCUT2D eigenvalue weighted by molar-refractivity contribution is 5.71. The third-order valence-corrected chi connectivity index (χ3v) is 5.34. The first-order valence-corrected chi connectivity index (χ1v) is 9.19. The van der Waals surface area contributed by atoms with Crippen LogP contribution in [-0.4, -0.2) is 32.8 Å². The number of phenolic OH excluding ortho intramolecular Hbond substituents is 1. The van der Waals surface area contributed by atoms with Crippen molar-refractivity contribution < 1.29 is 18.3 Å². The van der Waals surface area contributed by atoms with Gasteiger partial charge in [-0.25, -0.2) is 23.1 Å². The van der Waals surface area contributed by atoms with Crippen molar-refractivity contribution in [3.05, 3.63) is 65.7 Å². The normalized spacial score (nSPS) is 20.9. The van der Waals surface area contributed by atoms with Gasteiger partial charge < -0.3 is 10.4 Å². The molecule has 1 aromatic carbocycles. The quantitative estimate of drug-likeness (QED) is 0.668. The van der Waals surface area contributed by atoms with E-state index in [1.807, 2.05) is 0 Å². The summed E-state index contributed by atoms with van der Waals surface area (Å²) < 4.78 is 42.0. The van der Waals surface area contributed by atoms with Gasteiger partial charge in [-0.2, -0.15) is 0 Å². The van der Waals surface area contributed by atoms with Gasteiger partial charge >= 0.3 is 0 Å². The summed E-state index contributed by atoms with van der Waals surface area (Å²) in [5.74, 6) is -0.977. The smallest absolute Gasteiger partial charge is 0.222 e. The number of aromatic hydroxyl groups is 1. The molecule has 0 spiro atoms. The number of nitrogens with zero attached hydrogens (tertiary/aromatic N) is 3. The highest BCUT2D eigenvalue weighted by Crippen LogP contribution is 2.45. The molecule has 5 nitrogen and oxygen atoms in total. The van der Waals surface area contributed by atoms with Gasteiger partial charge in [0.1, 0.15) is 23.6 Å². The number of aromatic nitrogens is 3. The Balaban J connectivity index is 1.54. The van der Waals surface area contributed by atoms with Gasteiger partial charge in [-0.15, -0.1) is 0 Å². The van der Waals surface area contributed by atoms with Gasteiger partial charge in [0.25, 0.3) is 0 Å². The Kier molecular flexibility index (Phi) is 4.86. The molecule has 1 fully saturated rings. The Labute approximate surface area is 165 Å². The number of aryl methyl sites for hydroxylation is 1. The summed E-state index contributed by atoms with van der Waals surface area (Å²) in [6.07, 6.45) is 3.58. The Morgan fingerprint density at radius 2 is 1.83 bits per heavy atom. The number of rotatable bonds is 5. The third kappa shape index (κ3) is 3.50. The number of halogens is 3. The molecule has 8 heteroatoms. The van der Waals surface area contributed by atoms with Crippen molar-refractivity contribution >= 4 is 5.95 Å². The molecule has 2 aromatic heterocycles. The summed E-state index contributed by atoms with van der Waals surface area (Å²) in [7, 11) is 0. The van der Waals surface area contributed by atoms with E-state index < -0.39 is 23.2 Å². The van der Waals surface area contributed by atoms with E-state index in [9.17, 15) is 18.3 Å². The Bertz CT molecular complexity index is 1040. The lowest BCUT2D eigenvalue weighted by Crippen LogP contribution is -2.49. The van der Waals surface area contributed by atoms with Crippen LogP contribution in [0.3, 0.4) is 0 Å². The highest BCUT2D eigenvalue weighted by atomic mass is 19.1. The average Bonchev–Trinajstić information content (AvgIpc) is 2.69. The average molecular weight is 400 g/mol. The zero-order valence-electron chi connectivity index (χ0n) is 15.7. The zero-order valence-corrected chi connectivity index (χ0v) is 15.7. The van der Waals surface area contributed by atoms with Crippen LogP contribution in [0.15, 0.2) is 42.9 Å². The predicted octanol–water partition coefficient (Wildman–Crippen LogP) is 4.31. The molecule has 0 unspecified atom stereocenters. The van der Waals surface area contributed by atoms with Gasteiger partial charge in [-0.1, -0.05) is 6.07 Å². The number of phenols is 1. The van der Waals surface area contributed by atoms with Crippen LogP contribution in [0.4, 0.5) is 19.1 Å². The van der Waals surface area contributed by atoms with Crippen molar-refractivity contribution in [2.75, 3.05) is 11.9 Å². The van der Waals surface area contributed by atoms with Crippen LogP contribution in [0, 0.1) is 18.6 Å². The van der Waals surface area contributed by atoms with Crippen molar-refractivity contribution in [3.63, 3.8) is 0 Å². The molecule has 0 aliphatic heterocycles. The van der Waals surface area contributed by atoms with E-state index in [-0.39, 0.29) is 42.3 Å². The first-order chi connectivity index (χ1) is 13.9.